The van der Waals surface area contributed by atoms with Crippen molar-refractivity contribution in [1.82, 2.24) is 4.57 Å². The number of carbonyl (C=O) groups excluding carboxylic acids is 1. The van der Waals surface area contributed by atoms with Crippen LogP contribution < -0.4 is 5.32 Å². The van der Waals surface area contributed by atoms with E-state index in [1.54, 1.807) is 0 Å². The van der Waals surface area contributed by atoms with Gasteiger partial charge in [-0.3, -0.25) is 4.79 Å². The van der Waals surface area contributed by atoms with E-state index in [4.69, 9.17) is 0 Å². The van der Waals surface area contributed by atoms with Crippen LogP contribution in [0.15, 0.2) is 60.2 Å². The molecule has 1 amide bonds. The fourth-order valence-electron chi connectivity index (χ4n) is 1.89. The number of thiophene rings is 1. The van der Waals surface area contributed by atoms with Gasteiger partial charge in [0.25, 0.3) is 5.91 Å². The maximum absolute atomic E-state index is 12.8. The summed E-state index contributed by atoms with van der Waals surface area (Å²) in [7, 11) is 0. The van der Waals surface area contributed by atoms with Gasteiger partial charge < -0.3 is 9.88 Å². The molecular weight excluding hydrogens is 275 g/mol. The van der Waals surface area contributed by atoms with E-state index in [-0.39, 0.29) is 11.7 Å². The Balaban J connectivity index is 1.85. The summed E-state index contributed by atoms with van der Waals surface area (Å²) in [5, 5.41) is 4.64. The minimum atomic E-state index is -0.327. The predicted octanol–water partition coefficient (Wildman–Crippen LogP) is 3.93. The number of nitrogens with zero attached hydrogens (tertiary/aromatic N) is 1. The van der Waals surface area contributed by atoms with E-state index < -0.39 is 0 Å². The highest BCUT2D eigenvalue weighted by Crippen LogP contribution is 2.22. The molecule has 3 aromatic rings. The number of hydrogen-bond acceptors (Lipinski definition) is 2. The van der Waals surface area contributed by atoms with Gasteiger partial charge in [-0.25, -0.2) is 4.39 Å². The fraction of sp³-hybridized carbons (Fsp3) is 0. The molecule has 3 rings (SSSR count). The van der Waals surface area contributed by atoms with Gasteiger partial charge in [0.15, 0.2) is 0 Å². The molecule has 0 saturated carbocycles. The molecule has 0 spiro atoms. The highest BCUT2D eigenvalue weighted by Gasteiger charge is 2.14. The molecule has 20 heavy (non-hydrogen) atoms. The van der Waals surface area contributed by atoms with Crippen molar-refractivity contribution in [3.63, 3.8) is 0 Å². The molecule has 1 aromatic carbocycles. The van der Waals surface area contributed by atoms with Gasteiger partial charge in [-0.1, -0.05) is 0 Å². The zero-order valence-electron chi connectivity index (χ0n) is 10.4. The van der Waals surface area contributed by atoms with E-state index in [2.05, 4.69) is 5.32 Å². The quantitative estimate of drug-likeness (QED) is 0.777. The van der Waals surface area contributed by atoms with E-state index in [1.807, 2.05) is 40.5 Å². The van der Waals surface area contributed by atoms with Crippen molar-refractivity contribution in [3.8, 4) is 5.69 Å². The second kappa shape index (κ2) is 5.30. The van der Waals surface area contributed by atoms with Crippen LogP contribution in [0.1, 0.15) is 9.67 Å². The van der Waals surface area contributed by atoms with Gasteiger partial charge in [-0.05, 0) is 47.8 Å². The summed E-state index contributed by atoms with van der Waals surface area (Å²) < 4.78 is 14.7. The number of carbonyl (C=O) groups is 1. The van der Waals surface area contributed by atoms with Crippen LogP contribution in [0.5, 0.6) is 0 Å². The van der Waals surface area contributed by atoms with E-state index in [0.717, 1.165) is 5.69 Å². The van der Waals surface area contributed by atoms with Crippen molar-refractivity contribution < 1.29 is 9.18 Å². The molecular formula is C15H11FN2OS. The second-order valence-electron chi connectivity index (χ2n) is 4.19. The molecule has 3 nitrogen and oxygen atoms in total. The maximum atomic E-state index is 12.8. The average Bonchev–Trinajstić information content (AvgIpc) is 3.11. The minimum absolute atomic E-state index is 0.199. The number of hydrogen-bond donors (Lipinski definition) is 1. The Morgan fingerprint density at radius 2 is 1.80 bits per heavy atom. The number of aromatic nitrogens is 1. The molecule has 0 unspecified atom stereocenters. The van der Waals surface area contributed by atoms with Crippen molar-refractivity contribution in [3.05, 3.63) is 70.9 Å². The second-order valence-corrected chi connectivity index (χ2v) is 5.10. The first kappa shape index (κ1) is 12.6. The van der Waals surface area contributed by atoms with Gasteiger partial charge in [-0.2, -0.15) is 0 Å². The van der Waals surface area contributed by atoms with Gasteiger partial charge in [0.2, 0.25) is 0 Å². The Labute approximate surface area is 119 Å². The summed E-state index contributed by atoms with van der Waals surface area (Å²) in [6.45, 7) is 0. The summed E-state index contributed by atoms with van der Waals surface area (Å²) in [6, 6.07) is 11.4. The normalized spacial score (nSPS) is 10.4. The minimum Gasteiger partial charge on any atom is -0.322 e. The van der Waals surface area contributed by atoms with Crippen LogP contribution in [0.3, 0.4) is 0 Å². The first-order chi connectivity index (χ1) is 9.74. The van der Waals surface area contributed by atoms with Crippen molar-refractivity contribution >= 4 is 22.9 Å². The molecule has 1 N–H and O–H groups in total. The molecule has 0 fully saturated rings. The van der Waals surface area contributed by atoms with Crippen LogP contribution in [-0.4, -0.2) is 10.5 Å². The van der Waals surface area contributed by atoms with E-state index in [9.17, 15) is 9.18 Å². The van der Waals surface area contributed by atoms with Crippen molar-refractivity contribution in [1.29, 1.82) is 0 Å². The van der Waals surface area contributed by atoms with E-state index in [1.165, 1.54) is 35.6 Å². The molecule has 0 aliphatic carbocycles. The first-order valence-corrected chi connectivity index (χ1v) is 6.90. The Kier molecular flexibility index (Phi) is 3.35. The molecule has 5 heteroatoms. The summed E-state index contributed by atoms with van der Waals surface area (Å²) in [5.74, 6) is -0.525. The first-order valence-electron chi connectivity index (χ1n) is 6.02. The Bertz CT molecular complexity index is 717. The standard InChI is InChI=1S/C15H11FN2OS/c16-11-3-5-12(6-4-11)17-15(19)14-13(7-10-20-14)18-8-1-2-9-18/h1-10H,(H,17,19). The summed E-state index contributed by atoms with van der Waals surface area (Å²) >= 11 is 1.37. The van der Waals surface area contributed by atoms with Crippen molar-refractivity contribution in [2.75, 3.05) is 5.32 Å². The van der Waals surface area contributed by atoms with Crippen molar-refractivity contribution in [2.24, 2.45) is 0 Å². The summed E-state index contributed by atoms with van der Waals surface area (Å²) in [6.07, 6.45) is 3.77. The molecule has 2 heterocycles. The van der Waals surface area contributed by atoms with Crippen LogP contribution in [0.4, 0.5) is 10.1 Å². The third kappa shape index (κ3) is 2.48. The average molecular weight is 286 g/mol. The van der Waals surface area contributed by atoms with E-state index in [0.29, 0.717) is 10.6 Å². The van der Waals surface area contributed by atoms with Crippen LogP contribution in [-0.2, 0) is 0 Å². The van der Waals surface area contributed by atoms with Crippen LogP contribution in [0, 0.1) is 5.82 Å². The third-order valence-electron chi connectivity index (χ3n) is 2.84. The highest BCUT2D eigenvalue weighted by atomic mass is 32.1. The third-order valence-corrected chi connectivity index (χ3v) is 3.74. The lowest BCUT2D eigenvalue weighted by molar-refractivity contribution is 0.103. The lowest BCUT2D eigenvalue weighted by Crippen LogP contribution is -2.12. The number of halogens is 1. The number of amides is 1. The summed E-state index contributed by atoms with van der Waals surface area (Å²) in [4.78, 5) is 12.9. The summed E-state index contributed by atoms with van der Waals surface area (Å²) in [5.41, 5.74) is 1.41. The lowest BCUT2D eigenvalue weighted by Gasteiger charge is -2.07. The van der Waals surface area contributed by atoms with Gasteiger partial charge >= 0.3 is 0 Å². The zero-order chi connectivity index (χ0) is 13.9. The van der Waals surface area contributed by atoms with Crippen LogP contribution in [0.2, 0.25) is 0 Å². The zero-order valence-corrected chi connectivity index (χ0v) is 11.2. The number of anilines is 1. The molecule has 0 aliphatic heterocycles. The number of rotatable bonds is 3. The van der Waals surface area contributed by atoms with E-state index >= 15 is 0 Å². The maximum Gasteiger partial charge on any atom is 0.267 e. The predicted molar refractivity (Wildman–Crippen MR) is 78.0 cm³/mol. The smallest absolute Gasteiger partial charge is 0.267 e. The highest BCUT2D eigenvalue weighted by molar-refractivity contribution is 7.12. The SMILES string of the molecule is O=C(Nc1ccc(F)cc1)c1sccc1-n1cccc1. The molecule has 100 valence electrons. The lowest BCUT2D eigenvalue weighted by atomic mass is 10.3. The Morgan fingerprint density at radius 1 is 1.10 bits per heavy atom. The number of benzene rings is 1. The molecule has 2 aromatic heterocycles. The fourth-order valence-corrected chi connectivity index (χ4v) is 2.68. The Hall–Kier alpha value is -2.40. The van der Waals surface area contributed by atoms with Gasteiger partial charge in [0.1, 0.15) is 10.7 Å². The van der Waals surface area contributed by atoms with Crippen molar-refractivity contribution in [2.45, 2.75) is 0 Å². The van der Waals surface area contributed by atoms with Crippen LogP contribution in [0.25, 0.3) is 5.69 Å². The molecule has 0 aliphatic rings. The molecule has 0 saturated heterocycles. The van der Waals surface area contributed by atoms with Gasteiger partial charge in [0.05, 0.1) is 5.69 Å². The van der Waals surface area contributed by atoms with Gasteiger partial charge in [0, 0.05) is 18.1 Å². The monoisotopic (exact) mass is 286 g/mol. The molecule has 0 bridgehead atoms. The number of nitrogens with one attached hydrogen (secondary N) is 1. The topological polar surface area (TPSA) is 34.0 Å². The van der Waals surface area contributed by atoms with Crippen LogP contribution >= 0.6 is 11.3 Å². The van der Waals surface area contributed by atoms with Gasteiger partial charge in [-0.15, -0.1) is 11.3 Å². The molecule has 0 radical (unpaired) electrons. The Morgan fingerprint density at radius 3 is 2.50 bits per heavy atom. The molecule has 0 atom stereocenters. The largest absolute Gasteiger partial charge is 0.322 e.